The maximum Gasteiger partial charge on any atom is 0.161 e. The van der Waals surface area contributed by atoms with Crippen LogP contribution in [0.1, 0.15) is 32.3 Å². The highest BCUT2D eigenvalue weighted by Gasteiger charge is 2.30. The Morgan fingerprint density at radius 2 is 1.64 bits per heavy atom. The lowest BCUT2D eigenvalue weighted by Gasteiger charge is -2.43. The molecule has 0 unspecified atom stereocenters. The Bertz CT molecular complexity index is 548. The predicted octanol–water partition coefficient (Wildman–Crippen LogP) is 2.78. The van der Waals surface area contributed by atoms with Crippen LogP contribution < -0.4 is 9.47 Å². The van der Waals surface area contributed by atoms with Gasteiger partial charge in [0, 0.05) is 25.7 Å². The summed E-state index contributed by atoms with van der Waals surface area (Å²) in [5.41, 5.74) is 1.28. The molecule has 3 rings (SSSR count). The SMILES string of the molecule is COc1ccc(CN2CCC(N3C[C@@H](C)O[C@H](C)C3)CC2)cc1OC. The van der Waals surface area contributed by atoms with Crippen LogP contribution in [-0.2, 0) is 11.3 Å². The number of ether oxygens (including phenoxy) is 3. The van der Waals surface area contributed by atoms with Crippen molar-refractivity contribution in [3.63, 3.8) is 0 Å². The van der Waals surface area contributed by atoms with Gasteiger partial charge in [0.05, 0.1) is 26.4 Å². The summed E-state index contributed by atoms with van der Waals surface area (Å²) >= 11 is 0. The third kappa shape index (κ3) is 4.66. The summed E-state index contributed by atoms with van der Waals surface area (Å²) in [4.78, 5) is 5.19. The van der Waals surface area contributed by atoms with Crippen LogP contribution in [-0.4, -0.2) is 68.4 Å². The van der Waals surface area contributed by atoms with Gasteiger partial charge in [-0.15, -0.1) is 0 Å². The molecule has 5 nitrogen and oxygen atoms in total. The first kappa shape index (κ1) is 18.5. The summed E-state index contributed by atoms with van der Waals surface area (Å²) in [5.74, 6) is 1.60. The second-order valence-electron chi connectivity index (χ2n) is 7.41. The van der Waals surface area contributed by atoms with Gasteiger partial charge in [-0.3, -0.25) is 9.80 Å². The van der Waals surface area contributed by atoms with Gasteiger partial charge in [0.25, 0.3) is 0 Å². The molecule has 0 saturated carbocycles. The summed E-state index contributed by atoms with van der Waals surface area (Å²) in [7, 11) is 3.37. The molecule has 0 N–H and O–H groups in total. The molecule has 2 saturated heterocycles. The van der Waals surface area contributed by atoms with Gasteiger partial charge in [0.15, 0.2) is 11.5 Å². The third-order valence-corrected chi connectivity index (χ3v) is 5.38. The van der Waals surface area contributed by atoms with Crippen molar-refractivity contribution < 1.29 is 14.2 Å². The molecule has 0 spiro atoms. The Kier molecular flexibility index (Phi) is 6.20. The van der Waals surface area contributed by atoms with Crippen LogP contribution in [0.25, 0.3) is 0 Å². The van der Waals surface area contributed by atoms with Crippen LogP contribution in [0.4, 0.5) is 0 Å². The lowest BCUT2D eigenvalue weighted by molar-refractivity contribution is -0.0865. The molecule has 0 bridgehead atoms. The summed E-state index contributed by atoms with van der Waals surface area (Å²) in [6, 6.07) is 6.93. The number of rotatable bonds is 5. The number of nitrogens with zero attached hydrogens (tertiary/aromatic N) is 2. The molecule has 0 amide bonds. The minimum absolute atomic E-state index is 0.355. The Morgan fingerprint density at radius 3 is 2.24 bits per heavy atom. The molecule has 0 aliphatic carbocycles. The van der Waals surface area contributed by atoms with E-state index in [4.69, 9.17) is 14.2 Å². The highest BCUT2D eigenvalue weighted by molar-refractivity contribution is 5.42. The van der Waals surface area contributed by atoms with Crippen molar-refractivity contribution in [3.05, 3.63) is 23.8 Å². The fourth-order valence-corrected chi connectivity index (χ4v) is 4.20. The average molecular weight is 348 g/mol. The number of likely N-dealkylation sites (tertiary alicyclic amines) is 1. The molecule has 140 valence electrons. The fourth-order valence-electron chi connectivity index (χ4n) is 4.20. The number of methoxy groups -OCH3 is 2. The summed E-state index contributed by atoms with van der Waals surface area (Å²) < 4.78 is 16.6. The fraction of sp³-hybridized carbons (Fsp3) is 0.700. The Morgan fingerprint density at radius 1 is 1.00 bits per heavy atom. The zero-order chi connectivity index (χ0) is 17.8. The molecule has 2 aliphatic rings. The van der Waals surface area contributed by atoms with Crippen LogP contribution in [0.3, 0.4) is 0 Å². The van der Waals surface area contributed by atoms with E-state index < -0.39 is 0 Å². The zero-order valence-corrected chi connectivity index (χ0v) is 16.0. The van der Waals surface area contributed by atoms with Crippen LogP contribution >= 0.6 is 0 Å². The van der Waals surface area contributed by atoms with E-state index in [-0.39, 0.29) is 0 Å². The Balaban J connectivity index is 1.52. The molecule has 2 aliphatic heterocycles. The van der Waals surface area contributed by atoms with Crippen molar-refractivity contribution in [3.8, 4) is 11.5 Å². The van der Waals surface area contributed by atoms with Crippen LogP contribution in [0.15, 0.2) is 18.2 Å². The van der Waals surface area contributed by atoms with Crippen molar-refractivity contribution in [1.82, 2.24) is 9.80 Å². The van der Waals surface area contributed by atoms with Gasteiger partial charge in [-0.1, -0.05) is 6.07 Å². The molecule has 25 heavy (non-hydrogen) atoms. The van der Waals surface area contributed by atoms with E-state index in [9.17, 15) is 0 Å². The van der Waals surface area contributed by atoms with Gasteiger partial charge >= 0.3 is 0 Å². The monoisotopic (exact) mass is 348 g/mol. The minimum Gasteiger partial charge on any atom is -0.493 e. The molecule has 0 radical (unpaired) electrons. The van der Waals surface area contributed by atoms with E-state index in [1.807, 2.05) is 6.07 Å². The lowest BCUT2D eigenvalue weighted by Crippen LogP contribution is -2.53. The summed E-state index contributed by atoms with van der Waals surface area (Å²) in [6.45, 7) is 9.81. The smallest absolute Gasteiger partial charge is 0.161 e. The first-order valence-electron chi connectivity index (χ1n) is 9.41. The topological polar surface area (TPSA) is 34.2 Å². The number of benzene rings is 1. The van der Waals surface area contributed by atoms with Crippen molar-refractivity contribution >= 4 is 0 Å². The lowest BCUT2D eigenvalue weighted by atomic mass is 10.0. The maximum atomic E-state index is 5.87. The predicted molar refractivity (Wildman–Crippen MR) is 99.4 cm³/mol. The second kappa shape index (κ2) is 8.39. The standard InChI is InChI=1S/C20H32N2O3/c1-15-12-22(13-16(2)25-15)18-7-9-21(10-8-18)14-17-5-6-19(23-3)20(11-17)24-4/h5-6,11,15-16,18H,7-10,12-14H2,1-4H3/t15-,16-/m1/s1. The summed E-state index contributed by atoms with van der Waals surface area (Å²) in [6.07, 6.45) is 3.20. The normalized spacial score (nSPS) is 26.6. The molecule has 0 aromatic heterocycles. The van der Waals surface area contributed by atoms with Gasteiger partial charge in [-0.05, 0) is 57.5 Å². The molecule has 2 atom stereocenters. The first-order valence-corrected chi connectivity index (χ1v) is 9.41. The molecule has 1 aromatic carbocycles. The molecule has 5 heteroatoms. The number of hydrogen-bond donors (Lipinski definition) is 0. The number of morpholine rings is 1. The molecular formula is C20H32N2O3. The Labute approximate surface area is 151 Å². The zero-order valence-electron chi connectivity index (χ0n) is 16.0. The minimum atomic E-state index is 0.355. The van der Waals surface area contributed by atoms with E-state index in [0.29, 0.717) is 18.2 Å². The first-order chi connectivity index (χ1) is 12.1. The summed E-state index contributed by atoms with van der Waals surface area (Å²) in [5, 5.41) is 0. The number of piperidine rings is 1. The van der Waals surface area contributed by atoms with Gasteiger partial charge in [0.2, 0.25) is 0 Å². The van der Waals surface area contributed by atoms with Crippen LogP contribution in [0.5, 0.6) is 11.5 Å². The van der Waals surface area contributed by atoms with Crippen molar-refractivity contribution in [1.29, 1.82) is 0 Å². The van der Waals surface area contributed by atoms with E-state index in [0.717, 1.165) is 44.2 Å². The number of hydrogen-bond acceptors (Lipinski definition) is 5. The molecule has 1 aromatic rings. The second-order valence-corrected chi connectivity index (χ2v) is 7.41. The Hall–Kier alpha value is -1.30. The van der Waals surface area contributed by atoms with E-state index in [1.165, 1.54) is 18.4 Å². The highest BCUT2D eigenvalue weighted by Crippen LogP contribution is 2.29. The molecular weight excluding hydrogens is 316 g/mol. The van der Waals surface area contributed by atoms with E-state index in [1.54, 1.807) is 14.2 Å². The van der Waals surface area contributed by atoms with E-state index in [2.05, 4.69) is 35.8 Å². The van der Waals surface area contributed by atoms with Crippen molar-refractivity contribution in [2.75, 3.05) is 40.4 Å². The van der Waals surface area contributed by atoms with Crippen LogP contribution in [0.2, 0.25) is 0 Å². The largest absolute Gasteiger partial charge is 0.493 e. The van der Waals surface area contributed by atoms with Crippen molar-refractivity contribution in [2.45, 2.75) is 51.5 Å². The quantitative estimate of drug-likeness (QED) is 0.817. The highest BCUT2D eigenvalue weighted by atomic mass is 16.5. The van der Waals surface area contributed by atoms with Gasteiger partial charge in [-0.25, -0.2) is 0 Å². The third-order valence-electron chi connectivity index (χ3n) is 5.38. The van der Waals surface area contributed by atoms with Crippen LogP contribution in [0, 0.1) is 0 Å². The average Bonchev–Trinajstić information content (AvgIpc) is 2.61. The van der Waals surface area contributed by atoms with Crippen molar-refractivity contribution in [2.24, 2.45) is 0 Å². The van der Waals surface area contributed by atoms with E-state index >= 15 is 0 Å². The van der Waals surface area contributed by atoms with Gasteiger partial charge < -0.3 is 14.2 Å². The van der Waals surface area contributed by atoms with Gasteiger partial charge in [0.1, 0.15) is 0 Å². The van der Waals surface area contributed by atoms with Gasteiger partial charge in [-0.2, -0.15) is 0 Å². The molecule has 2 heterocycles. The molecule has 2 fully saturated rings. The maximum absolute atomic E-state index is 5.87.